The van der Waals surface area contributed by atoms with Crippen LogP contribution >= 0.6 is 0 Å². The van der Waals surface area contributed by atoms with Crippen molar-refractivity contribution in [1.82, 2.24) is 0 Å². The Morgan fingerprint density at radius 2 is 2.00 bits per heavy atom. The number of rotatable bonds is 3. The van der Waals surface area contributed by atoms with Crippen molar-refractivity contribution in [2.24, 2.45) is 4.99 Å². The number of aliphatic hydroxyl groups is 1. The van der Waals surface area contributed by atoms with E-state index in [9.17, 15) is 5.11 Å². The average molecular weight is 306 g/mol. The molecule has 0 amide bonds. The van der Waals surface area contributed by atoms with Crippen molar-refractivity contribution < 1.29 is 43.3 Å². The molecule has 0 spiro atoms. The van der Waals surface area contributed by atoms with Crippen LogP contribution in [0.4, 0.5) is 0 Å². The Balaban J connectivity index is 0. The van der Waals surface area contributed by atoms with Crippen LogP contribution in [0.3, 0.4) is 0 Å². The maximum Gasteiger partial charge on any atom is 0.0991 e. The zero-order valence-corrected chi connectivity index (χ0v) is 9.65. The van der Waals surface area contributed by atoms with Crippen LogP contribution in [-0.4, -0.2) is 23.5 Å². The Kier molecular flexibility index (Phi) is 8.42. The molecule has 0 aliphatic carbocycles. The normalized spacial score (nSPS) is 17.0. The van der Waals surface area contributed by atoms with E-state index in [1.54, 1.807) is 14.0 Å². The van der Waals surface area contributed by atoms with E-state index in [-0.39, 0.29) is 38.2 Å². The average Bonchev–Trinajstić information content (AvgIpc) is 1.86. The Morgan fingerprint density at radius 1 is 1.55 bits per heavy atom. The van der Waals surface area contributed by atoms with Crippen molar-refractivity contribution in [1.29, 1.82) is 0 Å². The van der Waals surface area contributed by atoms with Crippen molar-refractivity contribution in [3.63, 3.8) is 0 Å². The fourth-order valence-corrected chi connectivity index (χ4v) is 0.909. The molecule has 0 fully saturated rings. The summed E-state index contributed by atoms with van der Waals surface area (Å²) in [5.41, 5.74) is 0.123. The summed E-state index contributed by atoms with van der Waals surface area (Å²) in [6.07, 6.45) is 1.77. The SMILES string of the molecule is CCCC(C)(O)C(C)=NC.[Dy]. The van der Waals surface area contributed by atoms with E-state index >= 15 is 0 Å². The number of hydrogen-bond acceptors (Lipinski definition) is 2. The molecule has 0 aromatic rings. The van der Waals surface area contributed by atoms with Crippen molar-refractivity contribution in [3.05, 3.63) is 0 Å². The Bertz CT molecular complexity index is 132. The van der Waals surface area contributed by atoms with E-state index < -0.39 is 5.60 Å². The Morgan fingerprint density at radius 3 is 2.27 bits per heavy atom. The molecule has 0 bridgehead atoms. The topological polar surface area (TPSA) is 32.6 Å². The van der Waals surface area contributed by atoms with Crippen molar-refractivity contribution in [3.8, 4) is 0 Å². The minimum atomic E-state index is -0.691. The monoisotopic (exact) mass is 307 g/mol. The molecule has 0 rings (SSSR count). The van der Waals surface area contributed by atoms with Crippen LogP contribution < -0.4 is 0 Å². The number of aliphatic imine (C=N–C) groups is 1. The second kappa shape index (κ2) is 6.42. The predicted octanol–water partition coefficient (Wildman–Crippen LogP) is 1.63. The second-order valence-corrected chi connectivity index (χ2v) is 2.83. The molecule has 0 heterocycles. The fourth-order valence-electron chi connectivity index (χ4n) is 0.909. The van der Waals surface area contributed by atoms with Gasteiger partial charge in [-0.15, -0.1) is 0 Å². The number of hydrogen-bond donors (Lipinski definition) is 1. The molecule has 0 saturated carbocycles. The predicted molar refractivity (Wildman–Crippen MR) is 44.6 cm³/mol. The van der Waals surface area contributed by atoms with E-state index in [4.69, 9.17) is 0 Å². The summed E-state index contributed by atoms with van der Waals surface area (Å²) in [5.74, 6) is 0. The molecule has 0 aliphatic rings. The van der Waals surface area contributed by atoms with Crippen LogP contribution in [0.1, 0.15) is 33.6 Å². The van der Waals surface area contributed by atoms with Gasteiger partial charge >= 0.3 is 0 Å². The smallest absolute Gasteiger partial charge is 0.0991 e. The molecule has 1 unspecified atom stereocenters. The zero-order valence-electron chi connectivity index (χ0n) is 7.62. The summed E-state index contributed by atoms with van der Waals surface area (Å²) in [7, 11) is 1.71. The van der Waals surface area contributed by atoms with Crippen LogP contribution in [0.5, 0.6) is 0 Å². The van der Waals surface area contributed by atoms with Gasteiger partial charge in [0.2, 0.25) is 0 Å². The molecule has 11 heavy (non-hydrogen) atoms. The first-order valence-electron chi connectivity index (χ1n) is 3.71. The molecule has 2 nitrogen and oxygen atoms in total. The molecule has 1 atom stereocenters. The first-order valence-corrected chi connectivity index (χ1v) is 3.71. The molecule has 0 saturated heterocycles. The molecule has 0 aliphatic heterocycles. The first kappa shape index (κ1) is 14.4. The summed E-state index contributed by atoms with van der Waals surface area (Å²) >= 11 is 0. The van der Waals surface area contributed by atoms with Crippen LogP contribution in [-0.2, 0) is 0 Å². The molecule has 3 heteroatoms. The summed E-state index contributed by atoms with van der Waals surface area (Å²) < 4.78 is 0. The third-order valence-electron chi connectivity index (χ3n) is 1.85. The van der Waals surface area contributed by atoms with Gasteiger partial charge in [-0.05, 0) is 20.3 Å². The van der Waals surface area contributed by atoms with Gasteiger partial charge in [0.15, 0.2) is 0 Å². The largest absolute Gasteiger partial charge is 0.384 e. The van der Waals surface area contributed by atoms with Crippen LogP contribution in [0, 0.1) is 38.2 Å². The number of nitrogens with zero attached hydrogens (tertiary/aromatic N) is 1. The molecular weight excluding hydrogens is 289 g/mol. The summed E-state index contributed by atoms with van der Waals surface area (Å²) in [5, 5.41) is 9.65. The van der Waals surface area contributed by atoms with E-state index in [2.05, 4.69) is 11.9 Å². The van der Waals surface area contributed by atoms with Crippen LogP contribution in [0.25, 0.3) is 0 Å². The fraction of sp³-hybridized carbons (Fsp3) is 0.875. The van der Waals surface area contributed by atoms with Gasteiger partial charge in [-0.3, -0.25) is 4.99 Å². The first-order chi connectivity index (χ1) is 4.54. The molecular formula is C8H17DyNO. The van der Waals surface area contributed by atoms with E-state index in [1.165, 1.54) is 0 Å². The molecule has 1 N–H and O–H groups in total. The van der Waals surface area contributed by atoms with Gasteiger partial charge in [0.05, 0.1) is 5.60 Å². The van der Waals surface area contributed by atoms with Crippen molar-refractivity contribution >= 4 is 5.71 Å². The molecule has 70 valence electrons. The molecule has 0 radical (unpaired) electrons. The van der Waals surface area contributed by atoms with E-state index in [0.29, 0.717) is 0 Å². The van der Waals surface area contributed by atoms with Gasteiger partial charge in [0, 0.05) is 50.9 Å². The molecule has 0 aromatic carbocycles. The third-order valence-corrected chi connectivity index (χ3v) is 1.85. The van der Waals surface area contributed by atoms with Gasteiger partial charge in [-0.25, -0.2) is 0 Å². The van der Waals surface area contributed by atoms with Crippen LogP contribution in [0.2, 0.25) is 0 Å². The van der Waals surface area contributed by atoms with Gasteiger partial charge < -0.3 is 5.11 Å². The standard InChI is InChI=1S/C8H17NO.Dy/c1-5-6-8(3,10)7(2)9-4;/h10H,5-6H2,1-4H3;. The minimum Gasteiger partial charge on any atom is -0.384 e. The summed E-state index contributed by atoms with van der Waals surface area (Å²) in [6.45, 7) is 5.71. The van der Waals surface area contributed by atoms with Crippen molar-refractivity contribution in [2.45, 2.75) is 39.2 Å². The van der Waals surface area contributed by atoms with Gasteiger partial charge in [0.1, 0.15) is 0 Å². The van der Waals surface area contributed by atoms with E-state index in [0.717, 1.165) is 18.6 Å². The van der Waals surface area contributed by atoms with Crippen LogP contribution in [0.15, 0.2) is 4.99 Å². The van der Waals surface area contributed by atoms with E-state index in [1.807, 2.05) is 6.92 Å². The summed E-state index contributed by atoms with van der Waals surface area (Å²) in [6, 6.07) is 0. The maximum absolute atomic E-state index is 9.65. The summed E-state index contributed by atoms with van der Waals surface area (Å²) in [4.78, 5) is 3.95. The quantitative estimate of drug-likeness (QED) is 0.790. The Hall–Kier alpha value is 0.903. The maximum atomic E-state index is 9.65. The van der Waals surface area contributed by atoms with Gasteiger partial charge in [-0.1, -0.05) is 13.3 Å². The third kappa shape index (κ3) is 5.19. The molecule has 0 aromatic heterocycles. The second-order valence-electron chi connectivity index (χ2n) is 2.83. The zero-order chi connectivity index (χ0) is 8.20. The van der Waals surface area contributed by atoms with Gasteiger partial charge in [-0.2, -0.15) is 0 Å². The van der Waals surface area contributed by atoms with Crippen molar-refractivity contribution in [2.75, 3.05) is 7.05 Å². The minimum absolute atomic E-state index is 0. The van der Waals surface area contributed by atoms with Gasteiger partial charge in [0.25, 0.3) is 0 Å². The Labute approximate surface area is 99.5 Å².